The molecule has 3 rings (SSSR count). The van der Waals surface area contributed by atoms with Gasteiger partial charge in [0.15, 0.2) is 11.5 Å². The lowest BCUT2D eigenvalue weighted by Crippen LogP contribution is -2.21. The van der Waals surface area contributed by atoms with Crippen LogP contribution in [0.3, 0.4) is 0 Å². The number of fused-ring (bicyclic) bond motifs is 1. The van der Waals surface area contributed by atoms with E-state index in [4.69, 9.17) is 9.47 Å². The predicted octanol–water partition coefficient (Wildman–Crippen LogP) is 2.90. The SMILES string of the molecule is C/C(CC(=O)Nc1ccc2c(c1)OCCO2)=N\NC(=O)c1ccc(C)cc1. The van der Waals surface area contributed by atoms with Gasteiger partial charge in [-0.15, -0.1) is 0 Å². The standard InChI is InChI=1S/C20H21N3O4/c1-13-3-5-15(6-4-13)20(25)23-22-14(2)11-19(24)21-16-7-8-17-18(12-16)27-10-9-26-17/h3-8,12H,9-11H2,1-2H3,(H,21,24)(H,23,25)/b22-14+. The van der Waals surface area contributed by atoms with Crippen molar-refractivity contribution in [3.05, 3.63) is 53.6 Å². The first kappa shape index (κ1) is 18.4. The molecule has 0 saturated heterocycles. The van der Waals surface area contributed by atoms with E-state index in [9.17, 15) is 9.59 Å². The molecule has 0 bridgehead atoms. The van der Waals surface area contributed by atoms with Gasteiger partial charge < -0.3 is 14.8 Å². The maximum atomic E-state index is 12.2. The Hall–Kier alpha value is -3.35. The molecule has 27 heavy (non-hydrogen) atoms. The molecule has 2 N–H and O–H groups in total. The maximum Gasteiger partial charge on any atom is 0.271 e. The Morgan fingerprint density at radius 2 is 1.74 bits per heavy atom. The largest absolute Gasteiger partial charge is 0.486 e. The van der Waals surface area contributed by atoms with Crippen LogP contribution in [0.4, 0.5) is 5.69 Å². The molecule has 0 unspecified atom stereocenters. The summed E-state index contributed by atoms with van der Waals surface area (Å²) in [5.41, 5.74) is 5.15. The number of ether oxygens (including phenoxy) is 2. The number of nitrogens with zero attached hydrogens (tertiary/aromatic N) is 1. The van der Waals surface area contributed by atoms with Gasteiger partial charge in [-0.2, -0.15) is 5.10 Å². The number of benzene rings is 2. The van der Waals surface area contributed by atoms with E-state index in [0.29, 0.717) is 41.7 Å². The summed E-state index contributed by atoms with van der Waals surface area (Å²) in [5, 5.41) is 6.77. The summed E-state index contributed by atoms with van der Waals surface area (Å²) < 4.78 is 10.9. The minimum absolute atomic E-state index is 0.0582. The molecule has 0 aliphatic carbocycles. The summed E-state index contributed by atoms with van der Waals surface area (Å²) in [6, 6.07) is 12.4. The first-order valence-corrected chi connectivity index (χ1v) is 8.61. The molecule has 0 radical (unpaired) electrons. The molecule has 2 aromatic rings. The number of hydrogen-bond donors (Lipinski definition) is 2. The second-order valence-corrected chi connectivity index (χ2v) is 6.24. The number of hydrogen-bond acceptors (Lipinski definition) is 5. The van der Waals surface area contributed by atoms with Gasteiger partial charge in [0.05, 0.1) is 6.42 Å². The smallest absolute Gasteiger partial charge is 0.271 e. The molecule has 1 aliphatic rings. The van der Waals surface area contributed by atoms with Crippen molar-refractivity contribution in [1.29, 1.82) is 0 Å². The summed E-state index contributed by atoms with van der Waals surface area (Å²) in [7, 11) is 0. The minimum Gasteiger partial charge on any atom is -0.486 e. The van der Waals surface area contributed by atoms with Gasteiger partial charge in [0.25, 0.3) is 5.91 Å². The number of rotatable bonds is 5. The van der Waals surface area contributed by atoms with Crippen molar-refractivity contribution < 1.29 is 19.1 Å². The molecule has 140 valence electrons. The van der Waals surface area contributed by atoms with E-state index < -0.39 is 0 Å². The molecular formula is C20H21N3O4. The van der Waals surface area contributed by atoms with Crippen LogP contribution in [0.2, 0.25) is 0 Å². The molecule has 0 spiro atoms. The Bertz CT molecular complexity index is 875. The van der Waals surface area contributed by atoms with Crippen molar-refractivity contribution in [2.24, 2.45) is 5.10 Å². The van der Waals surface area contributed by atoms with Crippen molar-refractivity contribution in [1.82, 2.24) is 5.43 Å². The maximum absolute atomic E-state index is 12.2. The van der Waals surface area contributed by atoms with Gasteiger partial charge in [-0.1, -0.05) is 17.7 Å². The highest BCUT2D eigenvalue weighted by atomic mass is 16.6. The molecule has 0 aromatic heterocycles. The van der Waals surface area contributed by atoms with Crippen LogP contribution in [-0.4, -0.2) is 30.7 Å². The monoisotopic (exact) mass is 367 g/mol. The van der Waals surface area contributed by atoms with Gasteiger partial charge in [0.1, 0.15) is 13.2 Å². The van der Waals surface area contributed by atoms with E-state index in [2.05, 4.69) is 15.8 Å². The average Bonchev–Trinajstić information content (AvgIpc) is 2.66. The van der Waals surface area contributed by atoms with E-state index in [1.807, 2.05) is 19.1 Å². The molecule has 7 nitrogen and oxygen atoms in total. The molecule has 2 amide bonds. The highest BCUT2D eigenvalue weighted by molar-refractivity contribution is 6.06. The molecule has 1 aliphatic heterocycles. The Morgan fingerprint density at radius 3 is 2.48 bits per heavy atom. The zero-order valence-corrected chi connectivity index (χ0v) is 15.2. The first-order valence-electron chi connectivity index (χ1n) is 8.61. The third kappa shape index (κ3) is 5.07. The van der Waals surface area contributed by atoms with Crippen molar-refractivity contribution in [2.75, 3.05) is 18.5 Å². The Kier molecular flexibility index (Phi) is 5.71. The summed E-state index contributed by atoms with van der Waals surface area (Å²) >= 11 is 0. The van der Waals surface area contributed by atoms with E-state index >= 15 is 0 Å². The van der Waals surface area contributed by atoms with Crippen molar-refractivity contribution >= 4 is 23.2 Å². The van der Waals surface area contributed by atoms with E-state index in [1.54, 1.807) is 37.3 Å². The number of carbonyl (C=O) groups excluding carboxylic acids is 2. The molecule has 1 heterocycles. The quantitative estimate of drug-likeness (QED) is 0.628. The normalized spacial score (nSPS) is 13.0. The Balaban J connectivity index is 1.53. The summed E-state index contributed by atoms with van der Waals surface area (Å²) in [6.45, 7) is 4.63. The highest BCUT2D eigenvalue weighted by Gasteiger charge is 2.13. The zero-order chi connectivity index (χ0) is 19.2. The zero-order valence-electron chi connectivity index (χ0n) is 15.2. The molecule has 7 heteroatoms. The van der Waals surface area contributed by atoms with Crippen LogP contribution in [-0.2, 0) is 4.79 Å². The van der Waals surface area contributed by atoms with Gasteiger partial charge >= 0.3 is 0 Å². The lowest BCUT2D eigenvalue weighted by atomic mass is 10.1. The number of carbonyl (C=O) groups is 2. The molecule has 0 fully saturated rings. The van der Waals surface area contributed by atoms with Crippen LogP contribution < -0.4 is 20.2 Å². The number of aryl methyl sites for hydroxylation is 1. The van der Waals surface area contributed by atoms with E-state index in [1.165, 1.54) is 0 Å². The Morgan fingerprint density at radius 1 is 1.04 bits per heavy atom. The van der Waals surface area contributed by atoms with Gasteiger partial charge in [0, 0.05) is 23.0 Å². The van der Waals surface area contributed by atoms with Crippen LogP contribution >= 0.6 is 0 Å². The third-order valence-electron chi connectivity index (χ3n) is 3.90. The second kappa shape index (κ2) is 8.35. The topological polar surface area (TPSA) is 89.0 Å². The van der Waals surface area contributed by atoms with Gasteiger partial charge in [0.2, 0.25) is 5.91 Å². The van der Waals surface area contributed by atoms with Crippen LogP contribution in [0, 0.1) is 6.92 Å². The van der Waals surface area contributed by atoms with Crippen LogP contribution in [0.25, 0.3) is 0 Å². The predicted molar refractivity (Wildman–Crippen MR) is 102 cm³/mol. The second-order valence-electron chi connectivity index (χ2n) is 6.24. The van der Waals surface area contributed by atoms with Crippen LogP contribution in [0.1, 0.15) is 29.3 Å². The molecule has 2 aromatic carbocycles. The highest BCUT2D eigenvalue weighted by Crippen LogP contribution is 2.32. The molecule has 0 atom stereocenters. The average molecular weight is 367 g/mol. The summed E-state index contributed by atoms with van der Waals surface area (Å²) in [4.78, 5) is 24.2. The van der Waals surface area contributed by atoms with Gasteiger partial charge in [-0.25, -0.2) is 5.43 Å². The van der Waals surface area contributed by atoms with Gasteiger partial charge in [-0.3, -0.25) is 9.59 Å². The third-order valence-corrected chi connectivity index (χ3v) is 3.90. The van der Waals surface area contributed by atoms with Crippen LogP contribution in [0.15, 0.2) is 47.6 Å². The lowest BCUT2D eigenvalue weighted by molar-refractivity contribution is -0.115. The minimum atomic E-state index is -0.318. The lowest BCUT2D eigenvalue weighted by Gasteiger charge is -2.19. The van der Waals surface area contributed by atoms with Crippen molar-refractivity contribution in [3.8, 4) is 11.5 Å². The molecule has 0 saturated carbocycles. The number of hydrazone groups is 1. The van der Waals surface area contributed by atoms with Crippen molar-refractivity contribution in [3.63, 3.8) is 0 Å². The van der Waals surface area contributed by atoms with Gasteiger partial charge in [-0.05, 0) is 38.1 Å². The van der Waals surface area contributed by atoms with Crippen molar-refractivity contribution in [2.45, 2.75) is 20.3 Å². The first-order chi connectivity index (χ1) is 13.0. The fourth-order valence-corrected chi connectivity index (χ4v) is 2.51. The summed E-state index contributed by atoms with van der Waals surface area (Å²) in [5.74, 6) is 0.713. The number of anilines is 1. The summed E-state index contributed by atoms with van der Waals surface area (Å²) in [6.07, 6.45) is 0.0582. The number of amides is 2. The number of nitrogens with one attached hydrogen (secondary N) is 2. The van der Waals surface area contributed by atoms with E-state index in [-0.39, 0.29) is 18.2 Å². The van der Waals surface area contributed by atoms with E-state index in [0.717, 1.165) is 5.56 Å². The molecular weight excluding hydrogens is 346 g/mol. The Labute approximate surface area is 157 Å². The van der Waals surface area contributed by atoms with Crippen LogP contribution in [0.5, 0.6) is 11.5 Å². The fraction of sp³-hybridized carbons (Fsp3) is 0.250. The fourth-order valence-electron chi connectivity index (χ4n) is 2.51.